The number of nitrogens with zero attached hydrogens (tertiary/aromatic N) is 1. The summed E-state index contributed by atoms with van der Waals surface area (Å²) >= 11 is 1.80. The summed E-state index contributed by atoms with van der Waals surface area (Å²) in [5, 5.41) is 3.37. The van der Waals surface area contributed by atoms with Crippen molar-refractivity contribution in [1.29, 1.82) is 0 Å². The molecule has 2 nitrogen and oxygen atoms in total. The smallest absolute Gasteiger partial charge is 0.0797 e. The van der Waals surface area contributed by atoms with Crippen molar-refractivity contribution >= 4 is 11.3 Å². The Balaban J connectivity index is 2.21. The van der Waals surface area contributed by atoms with E-state index in [-0.39, 0.29) is 0 Å². The van der Waals surface area contributed by atoms with Gasteiger partial charge in [0, 0.05) is 17.3 Å². The SMILES string of the molecule is Cc1ncsc1C1CCNC1. The summed E-state index contributed by atoms with van der Waals surface area (Å²) in [5.41, 5.74) is 3.17. The van der Waals surface area contributed by atoms with Gasteiger partial charge >= 0.3 is 0 Å². The van der Waals surface area contributed by atoms with Crippen LogP contribution in [0.5, 0.6) is 0 Å². The number of rotatable bonds is 1. The normalized spacial score (nSPS) is 24.3. The molecule has 1 fully saturated rings. The van der Waals surface area contributed by atoms with Gasteiger partial charge in [-0.3, -0.25) is 0 Å². The molecule has 0 aromatic carbocycles. The molecule has 0 radical (unpaired) electrons. The molecule has 1 unspecified atom stereocenters. The van der Waals surface area contributed by atoms with Gasteiger partial charge in [-0.1, -0.05) is 0 Å². The Morgan fingerprint density at radius 1 is 1.73 bits per heavy atom. The summed E-state index contributed by atoms with van der Waals surface area (Å²) in [6.07, 6.45) is 1.28. The van der Waals surface area contributed by atoms with E-state index in [1.165, 1.54) is 23.5 Å². The van der Waals surface area contributed by atoms with E-state index in [4.69, 9.17) is 0 Å². The second-order valence-electron chi connectivity index (χ2n) is 2.99. The van der Waals surface area contributed by atoms with Crippen LogP contribution < -0.4 is 5.32 Å². The number of aromatic nitrogens is 1. The van der Waals surface area contributed by atoms with Crippen LogP contribution in [0.4, 0.5) is 0 Å². The van der Waals surface area contributed by atoms with Crippen LogP contribution in [0.3, 0.4) is 0 Å². The molecule has 60 valence electrons. The largest absolute Gasteiger partial charge is 0.316 e. The first kappa shape index (κ1) is 7.25. The fourth-order valence-corrected chi connectivity index (χ4v) is 2.52. The molecular formula is C8H12N2S. The van der Waals surface area contributed by atoms with Gasteiger partial charge in [0.25, 0.3) is 0 Å². The van der Waals surface area contributed by atoms with Crippen molar-refractivity contribution in [3.05, 3.63) is 16.1 Å². The van der Waals surface area contributed by atoms with E-state index in [9.17, 15) is 0 Å². The third-order valence-corrected chi connectivity index (χ3v) is 3.31. The van der Waals surface area contributed by atoms with Gasteiger partial charge < -0.3 is 5.32 Å². The minimum absolute atomic E-state index is 0.738. The second kappa shape index (κ2) is 2.91. The molecule has 1 aromatic heterocycles. The summed E-state index contributed by atoms with van der Waals surface area (Å²) in [6.45, 7) is 4.41. The van der Waals surface area contributed by atoms with E-state index < -0.39 is 0 Å². The van der Waals surface area contributed by atoms with E-state index in [0.29, 0.717) is 0 Å². The van der Waals surface area contributed by atoms with Gasteiger partial charge in [0.1, 0.15) is 0 Å². The minimum atomic E-state index is 0.738. The molecule has 2 rings (SSSR count). The molecule has 0 aliphatic carbocycles. The molecule has 1 aromatic rings. The van der Waals surface area contributed by atoms with Gasteiger partial charge in [0.05, 0.1) is 11.2 Å². The summed E-state index contributed by atoms with van der Waals surface area (Å²) in [5.74, 6) is 0.738. The van der Waals surface area contributed by atoms with Crippen LogP contribution in [-0.2, 0) is 0 Å². The second-order valence-corrected chi connectivity index (χ2v) is 3.88. The highest BCUT2D eigenvalue weighted by atomic mass is 32.1. The van der Waals surface area contributed by atoms with Crippen molar-refractivity contribution < 1.29 is 0 Å². The lowest BCUT2D eigenvalue weighted by molar-refractivity contribution is 0.770. The van der Waals surface area contributed by atoms with Crippen LogP contribution >= 0.6 is 11.3 Å². The molecule has 2 heterocycles. The first-order valence-corrected chi connectivity index (χ1v) is 4.86. The highest BCUT2D eigenvalue weighted by molar-refractivity contribution is 7.09. The Kier molecular flexibility index (Phi) is 1.92. The zero-order valence-electron chi connectivity index (χ0n) is 6.63. The predicted molar refractivity (Wildman–Crippen MR) is 47.1 cm³/mol. The Hall–Kier alpha value is -0.410. The average Bonchev–Trinajstić information content (AvgIpc) is 2.55. The third kappa shape index (κ3) is 1.30. The summed E-state index contributed by atoms with van der Waals surface area (Å²) in [7, 11) is 0. The molecule has 0 amide bonds. The van der Waals surface area contributed by atoms with Crippen LogP contribution in [-0.4, -0.2) is 18.1 Å². The van der Waals surface area contributed by atoms with E-state index >= 15 is 0 Å². The molecule has 1 saturated heterocycles. The quantitative estimate of drug-likeness (QED) is 0.688. The minimum Gasteiger partial charge on any atom is -0.316 e. The van der Waals surface area contributed by atoms with Crippen molar-refractivity contribution in [3.8, 4) is 0 Å². The number of hydrogen-bond donors (Lipinski definition) is 1. The molecule has 1 N–H and O–H groups in total. The maximum Gasteiger partial charge on any atom is 0.0797 e. The van der Waals surface area contributed by atoms with Crippen molar-refractivity contribution in [2.24, 2.45) is 0 Å². The zero-order chi connectivity index (χ0) is 7.68. The Morgan fingerprint density at radius 3 is 3.18 bits per heavy atom. The van der Waals surface area contributed by atoms with E-state index in [0.717, 1.165) is 12.5 Å². The predicted octanol–water partition coefficient (Wildman–Crippen LogP) is 1.53. The molecule has 11 heavy (non-hydrogen) atoms. The van der Waals surface area contributed by atoms with Gasteiger partial charge in [-0.25, -0.2) is 4.98 Å². The molecule has 1 aliphatic rings. The van der Waals surface area contributed by atoms with Gasteiger partial charge in [-0.2, -0.15) is 0 Å². The summed E-state index contributed by atoms with van der Waals surface area (Å²) in [6, 6.07) is 0. The van der Waals surface area contributed by atoms with Gasteiger partial charge in [-0.05, 0) is 19.9 Å². The topological polar surface area (TPSA) is 24.9 Å². The van der Waals surface area contributed by atoms with Crippen LogP contribution in [0.1, 0.15) is 22.9 Å². The van der Waals surface area contributed by atoms with E-state index in [1.54, 1.807) is 11.3 Å². The molecule has 0 spiro atoms. The third-order valence-electron chi connectivity index (χ3n) is 2.21. The number of thiazole rings is 1. The lowest BCUT2D eigenvalue weighted by atomic mass is 10.1. The Bertz CT molecular complexity index is 238. The maximum absolute atomic E-state index is 4.25. The molecule has 3 heteroatoms. The number of aryl methyl sites for hydroxylation is 1. The standard InChI is InChI=1S/C8H12N2S/c1-6-8(11-5-10-6)7-2-3-9-4-7/h5,7,9H,2-4H2,1H3. The van der Waals surface area contributed by atoms with E-state index in [2.05, 4.69) is 17.2 Å². The van der Waals surface area contributed by atoms with Crippen LogP contribution in [0, 0.1) is 6.92 Å². The zero-order valence-corrected chi connectivity index (χ0v) is 7.45. The summed E-state index contributed by atoms with van der Waals surface area (Å²) in [4.78, 5) is 5.73. The van der Waals surface area contributed by atoms with Crippen molar-refractivity contribution in [3.63, 3.8) is 0 Å². The van der Waals surface area contributed by atoms with Crippen LogP contribution in [0.15, 0.2) is 5.51 Å². The van der Waals surface area contributed by atoms with Crippen LogP contribution in [0.2, 0.25) is 0 Å². The number of hydrogen-bond acceptors (Lipinski definition) is 3. The average molecular weight is 168 g/mol. The molecule has 1 atom stereocenters. The van der Waals surface area contributed by atoms with E-state index in [1.807, 2.05) is 5.51 Å². The molecule has 0 saturated carbocycles. The Morgan fingerprint density at radius 2 is 2.64 bits per heavy atom. The number of nitrogens with one attached hydrogen (secondary N) is 1. The molecule has 1 aliphatic heterocycles. The first-order chi connectivity index (χ1) is 5.38. The highest BCUT2D eigenvalue weighted by Crippen LogP contribution is 2.27. The van der Waals surface area contributed by atoms with Crippen molar-refractivity contribution in [2.45, 2.75) is 19.3 Å². The lowest BCUT2D eigenvalue weighted by Gasteiger charge is -2.04. The Labute approximate surface area is 70.7 Å². The summed E-state index contributed by atoms with van der Waals surface area (Å²) < 4.78 is 0. The first-order valence-electron chi connectivity index (χ1n) is 3.98. The van der Waals surface area contributed by atoms with Gasteiger partial charge in [0.2, 0.25) is 0 Å². The van der Waals surface area contributed by atoms with Crippen molar-refractivity contribution in [2.75, 3.05) is 13.1 Å². The van der Waals surface area contributed by atoms with Gasteiger partial charge in [-0.15, -0.1) is 11.3 Å². The van der Waals surface area contributed by atoms with Crippen molar-refractivity contribution in [1.82, 2.24) is 10.3 Å². The monoisotopic (exact) mass is 168 g/mol. The lowest BCUT2D eigenvalue weighted by Crippen LogP contribution is -2.07. The maximum atomic E-state index is 4.25. The molecular weight excluding hydrogens is 156 g/mol. The van der Waals surface area contributed by atoms with Gasteiger partial charge in [0.15, 0.2) is 0 Å². The highest BCUT2D eigenvalue weighted by Gasteiger charge is 2.19. The fourth-order valence-electron chi connectivity index (χ4n) is 1.58. The van der Waals surface area contributed by atoms with Crippen LogP contribution in [0.25, 0.3) is 0 Å². The molecule has 0 bridgehead atoms. The fraction of sp³-hybridized carbons (Fsp3) is 0.625.